The summed E-state index contributed by atoms with van der Waals surface area (Å²) in [5.74, 6) is 0.0641. The Balaban J connectivity index is 1.63. The minimum Gasteiger partial charge on any atom is -0.443 e. The highest BCUT2D eigenvalue weighted by Gasteiger charge is 2.15. The maximum absolute atomic E-state index is 14.8. The fourth-order valence-electron chi connectivity index (χ4n) is 2.94. The average Bonchev–Trinajstić information content (AvgIpc) is 2.72. The van der Waals surface area contributed by atoms with Crippen LogP contribution in [-0.2, 0) is 16.1 Å². The lowest BCUT2D eigenvalue weighted by Gasteiger charge is -2.22. The SMILES string of the molecule is NC(N)=NC(=O)OCc1cccc(-c2cnc(NCC3CCOCC3)nc2)c1F. The molecule has 0 spiro atoms. The Morgan fingerprint density at radius 3 is 2.69 bits per heavy atom. The molecule has 2 heterocycles. The Kier molecular flexibility index (Phi) is 6.90. The molecule has 0 aliphatic carbocycles. The molecule has 2 aromatic rings. The van der Waals surface area contributed by atoms with Crippen molar-refractivity contribution in [3.63, 3.8) is 0 Å². The number of aliphatic imine (C=N–C) groups is 1. The molecule has 5 N–H and O–H groups in total. The molecule has 1 amide bonds. The van der Waals surface area contributed by atoms with E-state index in [-0.39, 0.29) is 12.2 Å². The Labute approximate surface area is 167 Å². The zero-order valence-corrected chi connectivity index (χ0v) is 15.8. The standard InChI is InChI=1S/C19H23FN6O3/c20-16-13(11-29-19(27)26-17(21)22)2-1-3-15(16)14-9-24-18(25-10-14)23-8-12-4-6-28-7-5-12/h1-3,9-10,12H,4-8,11H2,(H,23,24,25)(H4,21,22,26,27). The lowest BCUT2D eigenvalue weighted by Crippen LogP contribution is -2.24. The summed E-state index contributed by atoms with van der Waals surface area (Å²) in [6, 6.07) is 4.76. The summed E-state index contributed by atoms with van der Waals surface area (Å²) in [7, 11) is 0. The molecule has 0 bridgehead atoms. The third kappa shape index (κ3) is 5.85. The summed E-state index contributed by atoms with van der Waals surface area (Å²) in [6.07, 6.45) is 4.13. The maximum atomic E-state index is 14.8. The number of carbonyl (C=O) groups excluding carboxylic acids is 1. The highest BCUT2D eigenvalue weighted by Crippen LogP contribution is 2.25. The summed E-state index contributed by atoms with van der Waals surface area (Å²) in [6.45, 7) is 2.03. The van der Waals surface area contributed by atoms with Crippen molar-refractivity contribution >= 4 is 18.0 Å². The third-order valence-corrected chi connectivity index (χ3v) is 4.50. The number of anilines is 1. The summed E-state index contributed by atoms with van der Waals surface area (Å²) >= 11 is 0. The predicted molar refractivity (Wildman–Crippen MR) is 105 cm³/mol. The fourth-order valence-corrected chi connectivity index (χ4v) is 2.94. The van der Waals surface area contributed by atoms with Crippen molar-refractivity contribution < 1.29 is 18.7 Å². The average molecular weight is 402 g/mol. The number of hydrogen-bond acceptors (Lipinski definition) is 6. The number of nitrogens with zero attached hydrogens (tertiary/aromatic N) is 3. The molecule has 0 atom stereocenters. The van der Waals surface area contributed by atoms with Crippen molar-refractivity contribution in [2.45, 2.75) is 19.4 Å². The molecule has 0 saturated carbocycles. The number of hydrogen-bond donors (Lipinski definition) is 3. The molecule has 1 aromatic heterocycles. The van der Waals surface area contributed by atoms with Crippen LogP contribution in [-0.4, -0.2) is 41.8 Å². The van der Waals surface area contributed by atoms with Gasteiger partial charge in [-0.2, -0.15) is 0 Å². The molecule has 29 heavy (non-hydrogen) atoms. The van der Waals surface area contributed by atoms with Gasteiger partial charge in [0.05, 0.1) is 0 Å². The normalized spacial score (nSPS) is 14.2. The van der Waals surface area contributed by atoms with E-state index in [4.69, 9.17) is 20.9 Å². The Hall–Kier alpha value is -3.27. The molecule has 1 saturated heterocycles. The minimum absolute atomic E-state index is 0.184. The van der Waals surface area contributed by atoms with E-state index in [1.165, 1.54) is 6.07 Å². The van der Waals surface area contributed by atoms with Crippen LogP contribution in [0, 0.1) is 11.7 Å². The van der Waals surface area contributed by atoms with E-state index in [0.717, 1.165) is 32.6 Å². The Bertz CT molecular complexity index is 865. The van der Waals surface area contributed by atoms with Gasteiger partial charge in [0, 0.05) is 48.8 Å². The third-order valence-electron chi connectivity index (χ3n) is 4.50. The molecule has 0 radical (unpaired) electrons. The molecular weight excluding hydrogens is 379 g/mol. The summed E-state index contributed by atoms with van der Waals surface area (Å²) in [4.78, 5) is 23.1. The van der Waals surface area contributed by atoms with Crippen molar-refractivity contribution in [1.82, 2.24) is 9.97 Å². The number of guanidine groups is 1. The van der Waals surface area contributed by atoms with E-state index >= 15 is 0 Å². The van der Waals surface area contributed by atoms with Crippen molar-refractivity contribution in [2.24, 2.45) is 22.4 Å². The van der Waals surface area contributed by atoms with Gasteiger partial charge in [-0.15, -0.1) is 4.99 Å². The van der Waals surface area contributed by atoms with E-state index in [1.54, 1.807) is 24.5 Å². The van der Waals surface area contributed by atoms with E-state index in [2.05, 4.69) is 20.3 Å². The van der Waals surface area contributed by atoms with Crippen molar-refractivity contribution in [3.8, 4) is 11.1 Å². The van der Waals surface area contributed by atoms with Gasteiger partial charge in [-0.25, -0.2) is 19.2 Å². The van der Waals surface area contributed by atoms with Crippen LogP contribution in [0.2, 0.25) is 0 Å². The lowest BCUT2D eigenvalue weighted by molar-refractivity contribution is 0.0699. The molecule has 154 valence electrons. The van der Waals surface area contributed by atoms with Crippen molar-refractivity contribution in [3.05, 3.63) is 42.0 Å². The number of nitrogens with one attached hydrogen (secondary N) is 1. The van der Waals surface area contributed by atoms with Gasteiger partial charge in [-0.1, -0.05) is 18.2 Å². The van der Waals surface area contributed by atoms with Gasteiger partial charge in [0.2, 0.25) is 5.95 Å². The number of rotatable bonds is 6. The van der Waals surface area contributed by atoms with Crippen LogP contribution in [0.3, 0.4) is 0 Å². The van der Waals surface area contributed by atoms with Crippen molar-refractivity contribution in [1.29, 1.82) is 0 Å². The molecule has 1 aliphatic rings. The first kappa shape index (κ1) is 20.5. The summed E-state index contributed by atoms with van der Waals surface area (Å²) in [5.41, 5.74) is 11.2. The first-order chi connectivity index (χ1) is 14.0. The molecule has 1 fully saturated rings. The van der Waals surface area contributed by atoms with E-state index in [0.29, 0.717) is 23.0 Å². The molecule has 3 rings (SSSR count). The van der Waals surface area contributed by atoms with Crippen LogP contribution in [0.4, 0.5) is 15.1 Å². The number of ether oxygens (including phenoxy) is 2. The second-order valence-corrected chi connectivity index (χ2v) is 6.60. The van der Waals surface area contributed by atoms with Crippen LogP contribution in [0.15, 0.2) is 35.6 Å². The van der Waals surface area contributed by atoms with Gasteiger partial charge < -0.3 is 26.3 Å². The molecule has 10 heteroatoms. The monoisotopic (exact) mass is 402 g/mol. The number of amides is 1. The quantitative estimate of drug-likeness (QED) is 0.493. The molecule has 9 nitrogen and oxygen atoms in total. The van der Waals surface area contributed by atoms with E-state index in [9.17, 15) is 9.18 Å². The van der Waals surface area contributed by atoms with Gasteiger partial charge >= 0.3 is 6.09 Å². The highest BCUT2D eigenvalue weighted by atomic mass is 19.1. The van der Waals surface area contributed by atoms with E-state index in [1.807, 2.05) is 0 Å². The Morgan fingerprint density at radius 2 is 2.00 bits per heavy atom. The molecule has 0 unspecified atom stereocenters. The van der Waals surface area contributed by atoms with Crippen LogP contribution in [0.1, 0.15) is 18.4 Å². The largest absolute Gasteiger partial charge is 0.443 e. The first-order valence-corrected chi connectivity index (χ1v) is 9.20. The number of benzene rings is 1. The second-order valence-electron chi connectivity index (χ2n) is 6.60. The second kappa shape index (κ2) is 9.78. The first-order valence-electron chi connectivity index (χ1n) is 9.20. The van der Waals surface area contributed by atoms with E-state index < -0.39 is 17.9 Å². The van der Waals surface area contributed by atoms with Gasteiger partial charge in [0.15, 0.2) is 5.96 Å². The predicted octanol–water partition coefficient (Wildman–Crippen LogP) is 2.03. The van der Waals surface area contributed by atoms with Gasteiger partial charge in [0.25, 0.3) is 0 Å². The topological polar surface area (TPSA) is 138 Å². The smallest absolute Gasteiger partial charge is 0.437 e. The Morgan fingerprint density at radius 1 is 1.28 bits per heavy atom. The van der Waals surface area contributed by atoms with Crippen LogP contribution < -0.4 is 16.8 Å². The van der Waals surface area contributed by atoms with Gasteiger partial charge in [-0.3, -0.25) is 0 Å². The summed E-state index contributed by atoms with van der Waals surface area (Å²) < 4.78 is 25.0. The number of aromatic nitrogens is 2. The molecular formula is C19H23FN6O3. The molecule has 1 aromatic carbocycles. The zero-order chi connectivity index (χ0) is 20.6. The van der Waals surface area contributed by atoms with Gasteiger partial charge in [-0.05, 0) is 18.8 Å². The lowest BCUT2D eigenvalue weighted by atomic mass is 10.0. The highest BCUT2D eigenvalue weighted by molar-refractivity contribution is 5.87. The zero-order valence-electron chi connectivity index (χ0n) is 15.8. The minimum atomic E-state index is -0.988. The fraction of sp³-hybridized carbons (Fsp3) is 0.368. The number of carbonyl (C=O) groups is 1. The molecule has 1 aliphatic heterocycles. The van der Waals surface area contributed by atoms with Crippen LogP contribution in [0.25, 0.3) is 11.1 Å². The number of halogens is 1. The van der Waals surface area contributed by atoms with Crippen molar-refractivity contribution in [2.75, 3.05) is 25.1 Å². The summed E-state index contributed by atoms with van der Waals surface area (Å²) in [5, 5.41) is 3.21. The van der Waals surface area contributed by atoms with Crippen LogP contribution >= 0.6 is 0 Å². The maximum Gasteiger partial charge on any atom is 0.437 e. The van der Waals surface area contributed by atoms with Crippen LogP contribution in [0.5, 0.6) is 0 Å². The number of nitrogens with two attached hydrogens (primary N) is 2. The van der Waals surface area contributed by atoms with Gasteiger partial charge in [0.1, 0.15) is 12.4 Å².